The van der Waals surface area contributed by atoms with Gasteiger partial charge in [-0.1, -0.05) is 26.3 Å². The van der Waals surface area contributed by atoms with Crippen LogP contribution >= 0.6 is 0 Å². The maximum atomic E-state index is 5.02. The summed E-state index contributed by atoms with van der Waals surface area (Å²) in [5.41, 5.74) is 5.40. The predicted molar refractivity (Wildman–Crippen MR) is 144 cm³/mol. The van der Waals surface area contributed by atoms with Crippen LogP contribution in [-0.4, -0.2) is 54.0 Å². The monoisotopic (exact) mass is 486 g/mol. The molecule has 2 unspecified atom stereocenters. The van der Waals surface area contributed by atoms with Crippen LogP contribution in [0.25, 0.3) is 17.0 Å². The second kappa shape index (κ2) is 11.7. The number of hydrogen-bond acceptors (Lipinski definition) is 7. The Hall–Kier alpha value is -3.23. The molecule has 4 aromatic rings. The molecule has 1 aliphatic heterocycles. The first-order valence-electron chi connectivity index (χ1n) is 13.2. The highest BCUT2D eigenvalue weighted by Gasteiger charge is 2.26. The summed E-state index contributed by atoms with van der Waals surface area (Å²) in [7, 11) is 0. The van der Waals surface area contributed by atoms with Crippen LogP contribution < -0.4 is 5.32 Å². The summed E-state index contributed by atoms with van der Waals surface area (Å²) in [6, 6.07) is 8.89. The lowest BCUT2D eigenvalue weighted by atomic mass is 9.96. The van der Waals surface area contributed by atoms with Crippen molar-refractivity contribution in [2.45, 2.75) is 64.5 Å². The minimum absolute atomic E-state index is 0. The zero-order chi connectivity index (χ0) is 24.7. The molecule has 190 valence electrons. The average molecular weight is 487 g/mol. The van der Waals surface area contributed by atoms with Gasteiger partial charge in [-0.25, -0.2) is 15.0 Å². The Balaban J connectivity index is 0.00000320. The molecule has 0 radical (unpaired) electrons. The standard InChI is InChI=1S/C28H36N8.H2/c1-3-21(2)24-18-26(34-28(33-24)36-16-13-30-20-36)27-7-4-5-14-35(27)15-6-10-29-19-22-8-9-23-25(17-22)32-12-11-31-23;/h8-9,11-13,16-18,20-21,27,29H,3-7,10,14-15,19H2,1-2H3;1H. The van der Waals surface area contributed by atoms with E-state index in [0.717, 1.165) is 73.8 Å². The molecule has 8 heteroatoms. The van der Waals surface area contributed by atoms with Crippen molar-refractivity contribution < 1.29 is 1.43 Å². The molecular formula is C28H38N8. The van der Waals surface area contributed by atoms with Gasteiger partial charge in [0.25, 0.3) is 0 Å². The van der Waals surface area contributed by atoms with E-state index in [2.05, 4.69) is 57.2 Å². The van der Waals surface area contributed by atoms with E-state index in [1.54, 1.807) is 24.9 Å². The highest BCUT2D eigenvalue weighted by Crippen LogP contribution is 2.32. The topological polar surface area (TPSA) is 84.6 Å². The van der Waals surface area contributed by atoms with E-state index >= 15 is 0 Å². The molecule has 0 saturated carbocycles. The molecule has 1 N–H and O–H groups in total. The maximum absolute atomic E-state index is 5.02. The van der Waals surface area contributed by atoms with E-state index in [0.29, 0.717) is 12.0 Å². The second-order valence-corrected chi connectivity index (χ2v) is 9.75. The highest BCUT2D eigenvalue weighted by molar-refractivity contribution is 5.74. The van der Waals surface area contributed by atoms with Crippen LogP contribution in [0.3, 0.4) is 0 Å². The molecule has 3 aromatic heterocycles. The largest absolute Gasteiger partial charge is 0.313 e. The first-order valence-corrected chi connectivity index (χ1v) is 13.2. The predicted octanol–water partition coefficient (Wildman–Crippen LogP) is 5.07. The average Bonchev–Trinajstić information content (AvgIpc) is 3.48. The molecule has 1 saturated heterocycles. The van der Waals surface area contributed by atoms with Gasteiger partial charge in [-0.05, 0) is 68.5 Å². The van der Waals surface area contributed by atoms with E-state index in [-0.39, 0.29) is 1.43 Å². The van der Waals surface area contributed by atoms with Crippen molar-refractivity contribution in [2.75, 3.05) is 19.6 Å². The lowest BCUT2D eigenvalue weighted by molar-refractivity contribution is 0.143. The summed E-state index contributed by atoms with van der Waals surface area (Å²) in [5.74, 6) is 1.13. The van der Waals surface area contributed by atoms with Crippen molar-refractivity contribution in [3.05, 3.63) is 72.3 Å². The zero-order valence-corrected chi connectivity index (χ0v) is 21.3. The van der Waals surface area contributed by atoms with Crippen LogP contribution in [0.1, 0.15) is 76.3 Å². The third-order valence-electron chi connectivity index (χ3n) is 7.22. The summed E-state index contributed by atoms with van der Waals surface area (Å²) >= 11 is 0. The van der Waals surface area contributed by atoms with Crippen LogP contribution in [0.2, 0.25) is 0 Å². The van der Waals surface area contributed by atoms with Crippen molar-refractivity contribution in [2.24, 2.45) is 0 Å². The van der Waals surface area contributed by atoms with Gasteiger partial charge in [0.1, 0.15) is 6.33 Å². The number of fused-ring (bicyclic) bond motifs is 1. The number of rotatable bonds is 10. The van der Waals surface area contributed by atoms with Gasteiger partial charge in [0.05, 0.1) is 22.8 Å². The van der Waals surface area contributed by atoms with Gasteiger partial charge in [0, 0.05) is 45.0 Å². The SMILES string of the molecule is CCC(C)c1cc(C2CCCCN2CCCNCc2ccc3nccnc3c2)nc(-n2ccnc2)n1.[HH]. The number of piperidine rings is 1. The van der Waals surface area contributed by atoms with Crippen LogP contribution in [0, 0.1) is 0 Å². The third kappa shape index (κ3) is 5.77. The van der Waals surface area contributed by atoms with Gasteiger partial charge in [0.2, 0.25) is 5.95 Å². The first kappa shape index (κ1) is 24.5. The summed E-state index contributed by atoms with van der Waals surface area (Å²) in [4.78, 5) is 25.5. The zero-order valence-electron chi connectivity index (χ0n) is 21.3. The molecule has 4 heterocycles. The molecule has 0 bridgehead atoms. The van der Waals surface area contributed by atoms with E-state index < -0.39 is 0 Å². The lowest BCUT2D eigenvalue weighted by Crippen LogP contribution is -2.36. The van der Waals surface area contributed by atoms with Crippen molar-refractivity contribution in [1.82, 2.24) is 39.7 Å². The number of benzene rings is 1. The number of hydrogen-bond donors (Lipinski definition) is 1. The molecule has 0 aliphatic carbocycles. The fraction of sp³-hybridized carbons (Fsp3) is 0.464. The Bertz CT molecular complexity index is 1260. The molecule has 1 fully saturated rings. The number of imidazole rings is 1. The summed E-state index contributed by atoms with van der Waals surface area (Å²) in [5, 5.41) is 3.61. The molecule has 2 atom stereocenters. The molecule has 36 heavy (non-hydrogen) atoms. The van der Waals surface area contributed by atoms with Gasteiger partial charge >= 0.3 is 0 Å². The Kier molecular flexibility index (Phi) is 7.93. The molecule has 8 nitrogen and oxygen atoms in total. The molecule has 0 spiro atoms. The number of nitrogens with zero attached hydrogens (tertiary/aromatic N) is 7. The summed E-state index contributed by atoms with van der Waals surface area (Å²) in [6.45, 7) is 8.46. The summed E-state index contributed by atoms with van der Waals surface area (Å²) < 4.78 is 1.92. The Labute approximate surface area is 214 Å². The van der Waals surface area contributed by atoms with E-state index in [9.17, 15) is 0 Å². The fourth-order valence-electron chi connectivity index (χ4n) is 4.95. The van der Waals surface area contributed by atoms with Gasteiger partial charge < -0.3 is 5.32 Å². The number of nitrogens with one attached hydrogen (secondary N) is 1. The van der Waals surface area contributed by atoms with Gasteiger partial charge in [-0.3, -0.25) is 19.4 Å². The normalized spacial score (nSPS) is 17.4. The Morgan fingerprint density at radius 1 is 1.08 bits per heavy atom. The van der Waals surface area contributed by atoms with Crippen LogP contribution in [0.15, 0.2) is 55.4 Å². The second-order valence-electron chi connectivity index (χ2n) is 9.75. The Morgan fingerprint density at radius 2 is 1.97 bits per heavy atom. The van der Waals surface area contributed by atoms with Crippen LogP contribution in [0.4, 0.5) is 0 Å². The molecular weight excluding hydrogens is 448 g/mol. The molecule has 0 amide bonds. The van der Waals surface area contributed by atoms with Gasteiger partial charge in [-0.15, -0.1) is 0 Å². The van der Waals surface area contributed by atoms with E-state index in [1.165, 1.54) is 18.4 Å². The molecule has 1 aliphatic rings. The van der Waals surface area contributed by atoms with Crippen molar-refractivity contribution in [3.8, 4) is 5.95 Å². The van der Waals surface area contributed by atoms with E-state index in [4.69, 9.17) is 9.97 Å². The van der Waals surface area contributed by atoms with E-state index in [1.807, 2.05) is 16.8 Å². The van der Waals surface area contributed by atoms with Gasteiger partial charge in [-0.2, -0.15) is 0 Å². The van der Waals surface area contributed by atoms with Crippen molar-refractivity contribution in [3.63, 3.8) is 0 Å². The van der Waals surface area contributed by atoms with Crippen LogP contribution in [-0.2, 0) is 6.54 Å². The van der Waals surface area contributed by atoms with Crippen LogP contribution in [0.5, 0.6) is 0 Å². The number of likely N-dealkylation sites (tertiary alicyclic amines) is 1. The fourth-order valence-corrected chi connectivity index (χ4v) is 4.95. The van der Waals surface area contributed by atoms with Gasteiger partial charge in [0.15, 0.2) is 0 Å². The number of aromatic nitrogens is 6. The van der Waals surface area contributed by atoms with Crippen molar-refractivity contribution in [1.29, 1.82) is 0 Å². The molecule has 5 rings (SSSR count). The third-order valence-corrected chi connectivity index (χ3v) is 7.22. The lowest BCUT2D eigenvalue weighted by Gasteiger charge is -2.35. The Morgan fingerprint density at radius 3 is 2.81 bits per heavy atom. The first-order chi connectivity index (χ1) is 17.7. The molecule has 1 aromatic carbocycles. The van der Waals surface area contributed by atoms with Crippen molar-refractivity contribution >= 4 is 11.0 Å². The minimum Gasteiger partial charge on any atom is -0.313 e. The smallest absolute Gasteiger partial charge is 0.235 e. The summed E-state index contributed by atoms with van der Waals surface area (Å²) in [6.07, 6.45) is 14.8. The quantitative estimate of drug-likeness (QED) is 0.313. The maximum Gasteiger partial charge on any atom is 0.235 e. The highest BCUT2D eigenvalue weighted by atomic mass is 15.2. The minimum atomic E-state index is 0.